The van der Waals surface area contributed by atoms with E-state index in [0.29, 0.717) is 24.3 Å². The van der Waals surface area contributed by atoms with Crippen molar-refractivity contribution in [2.45, 2.75) is 35.7 Å². The second-order valence-electron chi connectivity index (χ2n) is 8.41. The molecule has 34 heavy (non-hydrogen) atoms. The van der Waals surface area contributed by atoms with Crippen LogP contribution in [-0.2, 0) is 21.2 Å². The molecule has 0 bridgehead atoms. The van der Waals surface area contributed by atoms with Crippen molar-refractivity contribution in [3.05, 3.63) is 69.2 Å². The van der Waals surface area contributed by atoms with Crippen LogP contribution >= 0.6 is 11.6 Å². The van der Waals surface area contributed by atoms with E-state index in [9.17, 15) is 28.4 Å². The summed E-state index contributed by atoms with van der Waals surface area (Å²) in [4.78, 5) is 24.7. The van der Waals surface area contributed by atoms with Gasteiger partial charge in [0.2, 0.25) is 15.9 Å². The number of nitro benzene ring substituents is 1. The number of amides is 1. The number of hydrogen-bond acceptors (Lipinski definition) is 7. The predicted molar refractivity (Wildman–Crippen MR) is 127 cm³/mol. The lowest BCUT2D eigenvalue weighted by Crippen LogP contribution is -2.63. The highest BCUT2D eigenvalue weighted by molar-refractivity contribution is 7.89. The van der Waals surface area contributed by atoms with E-state index in [1.54, 1.807) is 19.2 Å². The number of piperidine rings is 1. The fourth-order valence-electron chi connectivity index (χ4n) is 4.24. The minimum atomic E-state index is -3.99. The third kappa shape index (κ3) is 5.39. The molecule has 10 nitrogen and oxygen atoms in total. The quantitative estimate of drug-likeness (QED) is 0.406. The van der Waals surface area contributed by atoms with E-state index in [2.05, 4.69) is 0 Å². The summed E-state index contributed by atoms with van der Waals surface area (Å²) in [6.07, 6.45) is 1.34. The molecule has 0 spiro atoms. The van der Waals surface area contributed by atoms with Gasteiger partial charge in [-0.05, 0) is 49.1 Å². The molecule has 0 aliphatic carbocycles. The van der Waals surface area contributed by atoms with Crippen LogP contribution in [0.25, 0.3) is 0 Å². The van der Waals surface area contributed by atoms with Crippen LogP contribution in [0.5, 0.6) is 0 Å². The lowest BCUT2D eigenvalue weighted by Gasteiger charge is -2.48. The molecule has 3 N–H and O–H groups in total. The molecule has 1 aliphatic heterocycles. The highest BCUT2D eigenvalue weighted by Crippen LogP contribution is 2.34. The summed E-state index contributed by atoms with van der Waals surface area (Å²) in [5.41, 5.74) is 5.52. The summed E-state index contributed by atoms with van der Waals surface area (Å²) in [7, 11) is -2.42. The maximum atomic E-state index is 13.4. The molecule has 1 amide bonds. The number of carbonyl (C=O) groups excluding carboxylic acids is 1. The Balaban J connectivity index is 1.98. The fraction of sp³-hybridized carbons (Fsp3) is 0.409. The van der Waals surface area contributed by atoms with Gasteiger partial charge in [-0.15, -0.1) is 0 Å². The van der Waals surface area contributed by atoms with Crippen molar-refractivity contribution in [1.29, 1.82) is 0 Å². The van der Waals surface area contributed by atoms with Gasteiger partial charge in [0.1, 0.15) is 6.04 Å². The van der Waals surface area contributed by atoms with Gasteiger partial charge in [-0.1, -0.05) is 23.7 Å². The SMILES string of the molecule is CN(C(=O)C(N)CO)C1(Cc2ccc(Cl)cc2)CCCN(S(=O)(=O)c2ccc([N+](=O)[O-])cc2)C1. The minimum Gasteiger partial charge on any atom is -0.394 e. The summed E-state index contributed by atoms with van der Waals surface area (Å²) < 4.78 is 28.1. The number of likely N-dealkylation sites (N-methyl/N-ethyl adjacent to an activating group) is 1. The maximum absolute atomic E-state index is 13.4. The van der Waals surface area contributed by atoms with E-state index < -0.39 is 39.0 Å². The van der Waals surface area contributed by atoms with Gasteiger partial charge < -0.3 is 15.7 Å². The number of nitrogens with zero attached hydrogens (tertiary/aromatic N) is 3. The number of halogens is 1. The van der Waals surface area contributed by atoms with Crippen molar-refractivity contribution in [2.24, 2.45) is 5.73 Å². The van der Waals surface area contributed by atoms with E-state index >= 15 is 0 Å². The van der Waals surface area contributed by atoms with Gasteiger partial charge in [-0.25, -0.2) is 8.42 Å². The van der Waals surface area contributed by atoms with Crippen LogP contribution in [0.15, 0.2) is 53.4 Å². The lowest BCUT2D eigenvalue weighted by atomic mass is 9.82. The van der Waals surface area contributed by atoms with Crippen molar-refractivity contribution < 1.29 is 23.2 Å². The van der Waals surface area contributed by atoms with Gasteiger partial charge in [0.25, 0.3) is 5.69 Å². The first-order valence-corrected chi connectivity index (χ1v) is 12.5. The van der Waals surface area contributed by atoms with Crippen LogP contribution < -0.4 is 5.73 Å². The number of rotatable bonds is 8. The molecular weight excluding hydrogens is 484 g/mol. The first-order valence-electron chi connectivity index (χ1n) is 10.6. The minimum absolute atomic E-state index is 0.00463. The zero-order valence-electron chi connectivity index (χ0n) is 18.6. The number of benzene rings is 2. The molecule has 0 saturated carbocycles. The topological polar surface area (TPSA) is 147 Å². The molecule has 1 saturated heterocycles. The van der Waals surface area contributed by atoms with Gasteiger partial charge in [-0.3, -0.25) is 14.9 Å². The number of aliphatic hydroxyl groups is 1. The van der Waals surface area contributed by atoms with Crippen molar-refractivity contribution in [3.63, 3.8) is 0 Å². The molecule has 3 rings (SSSR count). The van der Waals surface area contributed by atoms with Gasteiger partial charge in [-0.2, -0.15) is 4.31 Å². The van der Waals surface area contributed by atoms with Gasteiger partial charge in [0.05, 0.1) is 22.0 Å². The summed E-state index contributed by atoms with van der Waals surface area (Å²) in [6.45, 7) is -0.309. The third-order valence-electron chi connectivity index (χ3n) is 6.21. The summed E-state index contributed by atoms with van der Waals surface area (Å²) in [6, 6.07) is 10.7. The Bertz CT molecular complexity index is 1140. The average Bonchev–Trinajstić information content (AvgIpc) is 2.84. The summed E-state index contributed by atoms with van der Waals surface area (Å²) in [5, 5.41) is 20.9. The van der Waals surface area contributed by atoms with E-state index in [1.807, 2.05) is 12.1 Å². The number of hydrogen-bond donors (Lipinski definition) is 2. The van der Waals surface area contributed by atoms with Crippen LogP contribution in [0.3, 0.4) is 0 Å². The highest BCUT2D eigenvalue weighted by Gasteiger charge is 2.45. The van der Waals surface area contributed by atoms with E-state index in [1.165, 1.54) is 21.3 Å². The normalized spacial score (nSPS) is 20.0. The van der Waals surface area contributed by atoms with Gasteiger partial charge in [0, 0.05) is 37.3 Å². The zero-order chi connectivity index (χ0) is 25.1. The Kier molecular flexibility index (Phi) is 7.94. The highest BCUT2D eigenvalue weighted by atomic mass is 35.5. The van der Waals surface area contributed by atoms with Crippen LogP contribution in [-0.4, -0.2) is 71.9 Å². The Morgan fingerprint density at radius 3 is 2.44 bits per heavy atom. The number of non-ortho nitro benzene ring substituents is 1. The molecule has 184 valence electrons. The molecule has 1 aliphatic rings. The second-order valence-corrected chi connectivity index (χ2v) is 10.8. The van der Waals surface area contributed by atoms with Gasteiger partial charge >= 0.3 is 0 Å². The van der Waals surface area contributed by atoms with Crippen LogP contribution in [0.2, 0.25) is 5.02 Å². The molecular formula is C22H27ClN4O6S. The molecule has 1 heterocycles. The molecule has 0 radical (unpaired) electrons. The van der Waals surface area contributed by atoms with Crippen LogP contribution in [0.1, 0.15) is 18.4 Å². The first-order chi connectivity index (χ1) is 16.0. The number of aliphatic hydroxyl groups excluding tert-OH is 1. The molecule has 2 aromatic carbocycles. The van der Waals surface area contributed by atoms with E-state index in [4.69, 9.17) is 17.3 Å². The Morgan fingerprint density at radius 1 is 1.26 bits per heavy atom. The van der Waals surface area contributed by atoms with E-state index in [-0.39, 0.29) is 23.7 Å². The smallest absolute Gasteiger partial charge is 0.269 e. The number of carbonyl (C=O) groups is 1. The number of nitrogens with two attached hydrogens (primary N) is 1. The standard InChI is InChI=1S/C22H27ClN4O6S/c1-25(21(29)20(24)14-28)22(13-16-3-5-17(23)6-4-16)11-2-12-26(15-22)34(32,33)19-9-7-18(8-10-19)27(30)31/h3-10,20,28H,2,11-15,24H2,1H3. The maximum Gasteiger partial charge on any atom is 0.269 e. The monoisotopic (exact) mass is 510 g/mol. The number of nitro groups is 1. The molecule has 2 unspecified atom stereocenters. The summed E-state index contributed by atoms with van der Waals surface area (Å²) in [5.74, 6) is -0.494. The van der Waals surface area contributed by atoms with E-state index in [0.717, 1.165) is 17.7 Å². The Labute approximate surface area is 203 Å². The van der Waals surface area contributed by atoms with Crippen LogP contribution in [0, 0.1) is 10.1 Å². The predicted octanol–water partition coefficient (Wildman–Crippen LogP) is 1.79. The largest absolute Gasteiger partial charge is 0.394 e. The fourth-order valence-corrected chi connectivity index (χ4v) is 5.93. The summed E-state index contributed by atoms with van der Waals surface area (Å²) >= 11 is 6.01. The molecule has 0 aromatic heterocycles. The van der Waals surface area contributed by atoms with Crippen molar-refractivity contribution >= 4 is 33.2 Å². The molecule has 1 fully saturated rings. The number of sulfonamides is 1. The second kappa shape index (κ2) is 10.4. The molecule has 12 heteroatoms. The molecule has 2 aromatic rings. The average molecular weight is 511 g/mol. The van der Waals surface area contributed by atoms with Crippen LogP contribution in [0.4, 0.5) is 5.69 Å². The molecule has 2 atom stereocenters. The van der Waals surface area contributed by atoms with Crippen molar-refractivity contribution in [1.82, 2.24) is 9.21 Å². The first kappa shape index (κ1) is 26.0. The third-order valence-corrected chi connectivity index (χ3v) is 8.32. The van der Waals surface area contributed by atoms with Crippen molar-refractivity contribution in [3.8, 4) is 0 Å². The Hall–Kier alpha value is -2.57. The lowest BCUT2D eigenvalue weighted by molar-refractivity contribution is -0.384. The Morgan fingerprint density at radius 2 is 1.88 bits per heavy atom. The van der Waals surface area contributed by atoms with Gasteiger partial charge in [0.15, 0.2) is 0 Å². The van der Waals surface area contributed by atoms with Crippen molar-refractivity contribution in [2.75, 3.05) is 26.7 Å². The zero-order valence-corrected chi connectivity index (χ0v) is 20.2.